The zero-order valence-electron chi connectivity index (χ0n) is 14.3. The highest BCUT2D eigenvalue weighted by Crippen LogP contribution is 2.40. The van der Waals surface area contributed by atoms with Crippen molar-refractivity contribution in [3.8, 4) is 6.07 Å². The van der Waals surface area contributed by atoms with Gasteiger partial charge in [-0.15, -0.1) is 0 Å². The third-order valence-electron chi connectivity index (χ3n) is 4.84. The van der Waals surface area contributed by atoms with Crippen molar-refractivity contribution in [2.24, 2.45) is 5.73 Å². The first kappa shape index (κ1) is 16.9. The molecule has 6 nitrogen and oxygen atoms in total. The van der Waals surface area contributed by atoms with Crippen molar-refractivity contribution in [1.82, 2.24) is 14.5 Å². The number of hydrogen-bond acceptors (Lipinski definition) is 5. The molecule has 0 amide bonds. The van der Waals surface area contributed by atoms with Gasteiger partial charge in [0.2, 0.25) is 5.95 Å². The number of anilines is 1. The van der Waals surface area contributed by atoms with Crippen molar-refractivity contribution in [2.45, 2.75) is 6.04 Å². The van der Waals surface area contributed by atoms with E-state index in [-0.39, 0.29) is 11.0 Å². The Bertz CT molecular complexity index is 1350. The summed E-state index contributed by atoms with van der Waals surface area (Å²) in [6.45, 7) is 0. The molecule has 0 bridgehead atoms. The number of benzene rings is 2. The number of fused-ring (bicyclic) bond motifs is 4. The van der Waals surface area contributed by atoms with E-state index in [0.29, 0.717) is 27.6 Å². The minimum Gasteiger partial charge on any atom is -0.384 e. The standard InChI is InChI=1S/C20H12Cl2N6/c21-11-6-5-10-7-12(18(22)25-15(10)8-11)17-13(9-23)19(24)27-20-26-14-3-1-2-4-16(14)28(17)20/h1-8,17H,24H2,(H,26,27). The maximum atomic E-state index is 9.83. The van der Waals surface area contributed by atoms with Gasteiger partial charge in [0.05, 0.1) is 22.1 Å². The molecule has 3 heterocycles. The molecule has 0 saturated heterocycles. The molecule has 0 spiro atoms. The second-order valence-electron chi connectivity index (χ2n) is 6.47. The van der Waals surface area contributed by atoms with E-state index in [1.807, 2.05) is 41.0 Å². The number of nitrogens with zero attached hydrogens (tertiary/aromatic N) is 4. The topological polar surface area (TPSA) is 92.5 Å². The third-order valence-corrected chi connectivity index (χ3v) is 5.38. The van der Waals surface area contributed by atoms with E-state index in [0.717, 1.165) is 16.4 Å². The van der Waals surface area contributed by atoms with Crippen molar-refractivity contribution in [3.05, 3.63) is 75.7 Å². The lowest BCUT2D eigenvalue weighted by Gasteiger charge is -2.28. The van der Waals surface area contributed by atoms with Crippen LogP contribution in [0.1, 0.15) is 11.6 Å². The number of hydrogen-bond donors (Lipinski definition) is 2. The van der Waals surface area contributed by atoms with Crippen LogP contribution in [-0.2, 0) is 0 Å². The van der Waals surface area contributed by atoms with E-state index in [2.05, 4.69) is 21.4 Å². The summed E-state index contributed by atoms with van der Waals surface area (Å²) < 4.78 is 1.93. The van der Waals surface area contributed by atoms with Crippen LogP contribution in [0.25, 0.3) is 21.9 Å². The van der Waals surface area contributed by atoms with Gasteiger partial charge in [0, 0.05) is 16.0 Å². The number of imidazole rings is 1. The third kappa shape index (κ3) is 2.41. The molecule has 5 rings (SSSR count). The number of aromatic nitrogens is 3. The first-order valence-electron chi connectivity index (χ1n) is 8.46. The quantitative estimate of drug-likeness (QED) is 0.450. The summed E-state index contributed by atoms with van der Waals surface area (Å²) in [5.41, 5.74) is 9.51. The molecule has 0 radical (unpaired) electrons. The summed E-state index contributed by atoms with van der Waals surface area (Å²) in [6, 6.07) is 16.7. The number of nitrogens with one attached hydrogen (secondary N) is 1. The molecule has 0 saturated carbocycles. The van der Waals surface area contributed by atoms with Crippen molar-refractivity contribution in [2.75, 3.05) is 5.32 Å². The normalized spacial score (nSPS) is 16.1. The van der Waals surface area contributed by atoms with Crippen LogP contribution >= 0.6 is 23.2 Å². The van der Waals surface area contributed by atoms with E-state index in [1.165, 1.54) is 0 Å². The summed E-state index contributed by atoms with van der Waals surface area (Å²) in [7, 11) is 0. The molecule has 8 heteroatoms. The number of pyridine rings is 1. The van der Waals surface area contributed by atoms with Gasteiger partial charge in [-0.2, -0.15) is 5.26 Å². The summed E-state index contributed by atoms with van der Waals surface area (Å²) in [4.78, 5) is 9.10. The minimum atomic E-state index is -0.547. The average molecular weight is 407 g/mol. The number of para-hydroxylation sites is 2. The monoisotopic (exact) mass is 406 g/mol. The van der Waals surface area contributed by atoms with E-state index in [1.54, 1.807) is 12.1 Å². The lowest BCUT2D eigenvalue weighted by molar-refractivity contribution is 0.679. The Morgan fingerprint density at radius 3 is 2.71 bits per heavy atom. The molecular formula is C20H12Cl2N6. The highest BCUT2D eigenvalue weighted by molar-refractivity contribution is 6.32. The molecular weight excluding hydrogens is 395 g/mol. The fourth-order valence-corrected chi connectivity index (χ4v) is 4.01. The minimum absolute atomic E-state index is 0.252. The number of allylic oxidation sites excluding steroid dienone is 1. The highest BCUT2D eigenvalue weighted by Gasteiger charge is 2.32. The van der Waals surface area contributed by atoms with E-state index >= 15 is 0 Å². The highest BCUT2D eigenvalue weighted by atomic mass is 35.5. The maximum Gasteiger partial charge on any atom is 0.210 e. The second kappa shape index (κ2) is 6.13. The lowest BCUT2D eigenvalue weighted by atomic mass is 9.97. The van der Waals surface area contributed by atoms with E-state index in [9.17, 15) is 5.26 Å². The Morgan fingerprint density at radius 2 is 1.89 bits per heavy atom. The van der Waals surface area contributed by atoms with Gasteiger partial charge >= 0.3 is 0 Å². The van der Waals surface area contributed by atoms with Crippen LogP contribution in [0.4, 0.5) is 5.95 Å². The molecule has 3 N–H and O–H groups in total. The lowest BCUT2D eigenvalue weighted by Crippen LogP contribution is -2.28. The summed E-state index contributed by atoms with van der Waals surface area (Å²) >= 11 is 12.6. The predicted octanol–water partition coefficient (Wildman–Crippen LogP) is 4.60. The maximum absolute atomic E-state index is 9.83. The molecule has 2 aromatic heterocycles. The van der Waals surface area contributed by atoms with Crippen molar-refractivity contribution in [3.63, 3.8) is 0 Å². The van der Waals surface area contributed by atoms with E-state index in [4.69, 9.17) is 28.9 Å². The molecule has 28 heavy (non-hydrogen) atoms. The van der Waals surface area contributed by atoms with Crippen LogP contribution in [0.2, 0.25) is 10.2 Å². The fraction of sp³-hybridized carbons (Fsp3) is 0.0500. The molecule has 1 atom stereocenters. The van der Waals surface area contributed by atoms with Crippen LogP contribution < -0.4 is 11.1 Å². The number of nitriles is 1. The summed E-state index contributed by atoms with van der Waals surface area (Å²) in [6.07, 6.45) is 0. The fourth-order valence-electron chi connectivity index (χ4n) is 3.60. The Hall–Kier alpha value is -3.27. The second-order valence-corrected chi connectivity index (χ2v) is 7.26. The largest absolute Gasteiger partial charge is 0.384 e. The average Bonchev–Trinajstić information content (AvgIpc) is 3.04. The van der Waals surface area contributed by atoms with Crippen molar-refractivity contribution in [1.29, 1.82) is 5.26 Å². The summed E-state index contributed by atoms with van der Waals surface area (Å²) in [5, 5.41) is 14.6. The van der Waals surface area contributed by atoms with Crippen molar-refractivity contribution >= 4 is 51.1 Å². The summed E-state index contributed by atoms with van der Waals surface area (Å²) in [5.74, 6) is 0.803. The van der Waals surface area contributed by atoms with Gasteiger partial charge < -0.3 is 11.1 Å². The molecule has 2 aromatic carbocycles. The van der Waals surface area contributed by atoms with Crippen LogP contribution in [-0.4, -0.2) is 14.5 Å². The van der Waals surface area contributed by atoms with Gasteiger partial charge in [-0.25, -0.2) is 9.97 Å². The van der Waals surface area contributed by atoms with E-state index < -0.39 is 6.04 Å². The zero-order valence-corrected chi connectivity index (χ0v) is 15.8. The molecule has 1 aliphatic rings. The predicted molar refractivity (Wildman–Crippen MR) is 110 cm³/mol. The number of halogens is 2. The Balaban J connectivity index is 1.84. The van der Waals surface area contributed by atoms with Gasteiger partial charge in [-0.3, -0.25) is 4.57 Å². The van der Waals surface area contributed by atoms with Crippen LogP contribution in [0.5, 0.6) is 0 Å². The van der Waals surface area contributed by atoms with Gasteiger partial charge in [-0.1, -0.05) is 41.4 Å². The van der Waals surface area contributed by atoms with Crippen LogP contribution in [0, 0.1) is 11.3 Å². The van der Waals surface area contributed by atoms with Crippen LogP contribution in [0.15, 0.2) is 59.9 Å². The van der Waals surface area contributed by atoms with Gasteiger partial charge in [0.25, 0.3) is 0 Å². The van der Waals surface area contributed by atoms with Gasteiger partial charge in [0.1, 0.15) is 23.1 Å². The molecule has 1 unspecified atom stereocenters. The smallest absolute Gasteiger partial charge is 0.210 e. The molecule has 1 aliphatic heterocycles. The van der Waals surface area contributed by atoms with Gasteiger partial charge in [-0.05, 0) is 30.3 Å². The first-order chi connectivity index (χ1) is 13.6. The Morgan fingerprint density at radius 1 is 1.07 bits per heavy atom. The molecule has 0 fully saturated rings. The molecule has 4 aromatic rings. The molecule has 0 aliphatic carbocycles. The Kier molecular flexibility index (Phi) is 3.69. The molecule has 136 valence electrons. The SMILES string of the molecule is N#CC1=C(N)Nc2nc3ccccc3n2C1c1cc2ccc(Cl)cc2nc1Cl. The number of nitrogens with two attached hydrogens (primary N) is 1. The zero-order chi connectivity index (χ0) is 19.4. The van der Waals surface area contributed by atoms with Crippen molar-refractivity contribution < 1.29 is 0 Å². The Labute approximate surface area is 169 Å². The number of rotatable bonds is 1. The first-order valence-corrected chi connectivity index (χ1v) is 9.22. The van der Waals surface area contributed by atoms with Crippen LogP contribution in [0.3, 0.4) is 0 Å². The van der Waals surface area contributed by atoms with Gasteiger partial charge in [0.15, 0.2) is 0 Å².